The zero-order valence-electron chi connectivity index (χ0n) is 17.6. The largest absolute Gasteiger partial charge is 0.350 e. The highest BCUT2D eigenvalue weighted by Gasteiger charge is 2.47. The predicted molar refractivity (Wildman–Crippen MR) is 109 cm³/mol. The Morgan fingerprint density at radius 3 is 2.69 bits per heavy atom. The van der Waals surface area contributed by atoms with Crippen LogP contribution in [0.2, 0.25) is 0 Å². The molecular weight excluding hydrogens is 375 g/mol. The molecule has 9 nitrogen and oxygen atoms in total. The van der Waals surface area contributed by atoms with Gasteiger partial charge in [0.2, 0.25) is 5.91 Å². The highest BCUT2D eigenvalue weighted by atomic mass is 19.1. The number of fused-ring (bicyclic) bond motifs is 1. The van der Waals surface area contributed by atoms with Crippen LogP contribution in [0.1, 0.15) is 20.3 Å². The number of hydrazine groups is 1. The molecule has 6 atom stereocenters. The summed E-state index contributed by atoms with van der Waals surface area (Å²) >= 11 is 0. The lowest BCUT2D eigenvalue weighted by molar-refractivity contribution is -0.128. The van der Waals surface area contributed by atoms with Gasteiger partial charge in [0.05, 0.1) is 24.3 Å². The summed E-state index contributed by atoms with van der Waals surface area (Å²) in [6, 6.07) is 0.971. The van der Waals surface area contributed by atoms with Gasteiger partial charge in [-0.15, -0.1) is 0 Å². The van der Waals surface area contributed by atoms with E-state index in [-0.39, 0.29) is 31.2 Å². The van der Waals surface area contributed by atoms with Crippen LogP contribution in [0.4, 0.5) is 4.39 Å². The van der Waals surface area contributed by atoms with Crippen molar-refractivity contribution in [3.63, 3.8) is 0 Å². The molecule has 0 bridgehead atoms. The van der Waals surface area contributed by atoms with Gasteiger partial charge < -0.3 is 16.4 Å². The second-order valence-corrected chi connectivity index (χ2v) is 9.12. The number of nitrogens with two attached hydrogens (primary N) is 1. The van der Waals surface area contributed by atoms with E-state index in [2.05, 4.69) is 45.0 Å². The molecule has 0 aromatic heterocycles. The summed E-state index contributed by atoms with van der Waals surface area (Å²) in [5.41, 5.74) is 9.26. The molecule has 6 N–H and O–H groups in total. The first-order valence-corrected chi connectivity index (χ1v) is 11.1. The lowest BCUT2D eigenvalue weighted by Crippen LogP contribution is -2.65. The summed E-state index contributed by atoms with van der Waals surface area (Å²) in [6.45, 7) is 11.0. The summed E-state index contributed by atoms with van der Waals surface area (Å²) in [7, 11) is 0. The fraction of sp³-hybridized carbons (Fsp3) is 0.947. The normalized spacial score (nSPS) is 40.2. The van der Waals surface area contributed by atoms with E-state index in [1.165, 1.54) is 0 Å². The number of nitrogens with zero attached hydrogens (tertiary/aromatic N) is 3. The molecule has 10 heteroatoms. The van der Waals surface area contributed by atoms with E-state index < -0.39 is 18.3 Å². The van der Waals surface area contributed by atoms with Gasteiger partial charge in [0.1, 0.15) is 6.17 Å². The molecule has 0 aliphatic carbocycles. The van der Waals surface area contributed by atoms with Crippen LogP contribution in [0.5, 0.6) is 0 Å². The molecule has 4 aliphatic heterocycles. The van der Waals surface area contributed by atoms with Crippen LogP contribution in [0.15, 0.2) is 0 Å². The fourth-order valence-electron chi connectivity index (χ4n) is 5.27. The lowest BCUT2D eigenvalue weighted by atomic mass is 9.95. The Hall–Kier alpha value is -0.880. The number of nitrogens with one attached hydrogen (secondary N) is 4. The highest BCUT2D eigenvalue weighted by Crippen LogP contribution is 2.23. The quantitative estimate of drug-likeness (QED) is 0.356. The maximum Gasteiger partial charge on any atom is 0.229 e. The smallest absolute Gasteiger partial charge is 0.229 e. The number of piperazine rings is 1. The van der Waals surface area contributed by atoms with Crippen molar-refractivity contribution in [2.24, 2.45) is 11.7 Å². The van der Waals surface area contributed by atoms with E-state index in [1.807, 2.05) is 0 Å². The SMILES string of the molecule is CC(C)N1CCN(C2CCNCC2NC(=O)C2C(N)NN3CC(F)CNC23)CC1. The average molecular weight is 413 g/mol. The van der Waals surface area contributed by atoms with Crippen molar-refractivity contribution in [1.82, 2.24) is 36.2 Å². The van der Waals surface area contributed by atoms with Gasteiger partial charge in [-0.1, -0.05) is 0 Å². The number of rotatable bonds is 4. The van der Waals surface area contributed by atoms with Crippen LogP contribution in [-0.4, -0.2) is 110 Å². The second-order valence-electron chi connectivity index (χ2n) is 9.12. The van der Waals surface area contributed by atoms with E-state index >= 15 is 0 Å². The van der Waals surface area contributed by atoms with Crippen molar-refractivity contribution in [2.75, 3.05) is 52.4 Å². The second kappa shape index (κ2) is 9.09. The molecule has 0 spiro atoms. The Labute approximate surface area is 172 Å². The fourth-order valence-corrected chi connectivity index (χ4v) is 5.27. The predicted octanol–water partition coefficient (Wildman–Crippen LogP) is -2.15. The Bertz CT molecular complexity index is 572. The zero-order chi connectivity index (χ0) is 20.5. The van der Waals surface area contributed by atoms with Crippen LogP contribution in [0.3, 0.4) is 0 Å². The van der Waals surface area contributed by atoms with Gasteiger partial charge in [-0.05, 0) is 26.8 Å². The van der Waals surface area contributed by atoms with Gasteiger partial charge in [0.15, 0.2) is 0 Å². The van der Waals surface area contributed by atoms with Crippen molar-refractivity contribution in [3.8, 4) is 0 Å². The van der Waals surface area contributed by atoms with Crippen LogP contribution < -0.4 is 27.1 Å². The van der Waals surface area contributed by atoms with Crippen molar-refractivity contribution in [1.29, 1.82) is 0 Å². The van der Waals surface area contributed by atoms with E-state index in [4.69, 9.17) is 5.73 Å². The topological polar surface area (TPSA) is 101 Å². The minimum Gasteiger partial charge on any atom is -0.350 e. The molecule has 0 saturated carbocycles. The van der Waals surface area contributed by atoms with Gasteiger partial charge in [-0.25, -0.2) is 14.8 Å². The standard InChI is InChI=1S/C19H37FN8O/c1-12(2)26-5-7-27(8-6-26)15-3-4-22-10-14(15)24-19(29)16-17(21)25-28-11-13(20)9-23-18(16)28/h12-18,22-23,25H,3-11,21H2,1-2H3,(H,24,29). The van der Waals surface area contributed by atoms with Crippen LogP contribution in [0.25, 0.3) is 0 Å². The molecule has 0 aromatic rings. The van der Waals surface area contributed by atoms with Gasteiger partial charge in [0.25, 0.3) is 0 Å². The number of hydrogen-bond acceptors (Lipinski definition) is 8. The summed E-state index contributed by atoms with van der Waals surface area (Å²) in [4.78, 5) is 18.2. The molecule has 0 radical (unpaired) electrons. The third kappa shape index (κ3) is 4.58. The van der Waals surface area contributed by atoms with Crippen molar-refractivity contribution in [2.45, 2.75) is 56.9 Å². The highest BCUT2D eigenvalue weighted by molar-refractivity contribution is 5.81. The molecular formula is C19H37FN8O. The number of piperidine rings is 1. The first-order valence-electron chi connectivity index (χ1n) is 11.1. The van der Waals surface area contributed by atoms with E-state index in [0.717, 1.165) is 45.7 Å². The maximum atomic E-state index is 13.7. The van der Waals surface area contributed by atoms with Crippen molar-refractivity contribution < 1.29 is 9.18 Å². The number of alkyl halides is 1. The lowest BCUT2D eigenvalue weighted by Gasteiger charge is -2.45. The number of hydrogen-bond donors (Lipinski definition) is 5. The minimum absolute atomic E-state index is 0.0539. The summed E-state index contributed by atoms with van der Waals surface area (Å²) in [5.74, 6) is -0.496. The Balaban J connectivity index is 1.37. The monoisotopic (exact) mass is 412 g/mol. The Kier molecular flexibility index (Phi) is 6.69. The number of carbonyl (C=O) groups excluding carboxylic acids is 1. The number of halogens is 1. The molecule has 4 saturated heterocycles. The van der Waals surface area contributed by atoms with Gasteiger partial charge >= 0.3 is 0 Å². The Morgan fingerprint density at radius 2 is 1.97 bits per heavy atom. The molecule has 6 unspecified atom stereocenters. The van der Waals surface area contributed by atoms with E-state index in [0.29, 0.717) is 12.1 Å². The number of amides is 1. The van der Waals surface area contributed by atoms with Crippen LogP contribution in [0, 0.1) is 5.92 Å². The van der Waals surface area contributed by atoms with Crippen molar-refractivity contribution >= 4 is 5.91 Å². The van der Waals surface area contributed by atoms with E-state index in [1.54, 1.807) is 5.01 Å². The molecule has 4 heterocycles. The van der Waals surface area contributed by atoms with Crippen molar-refractivity contribution in [3.05, 3.63) is 0 Å². The molecule has 0 aromatic carbocycles. The summed E-state index contributed by atoms with van der Waals surface area (Å²) in [5, 5.41) is 11.6. The third-order valence-electron chi connectivity index (χ3n) is 6.95. The van der Waals surface area contributed by atoms with Crippen LogP contribution >= 0.6 is 0 Å². The first-order chi connectivity index (χ1) is 13.9. The van der Waals surface area contributed by atoms with Gasteiger partial charge in [-0.2, -0.15) is 0 Å². The summed E-state index contributed by atoms with van der Waals surface area (Å²) in [6.07, 6.45) is -0.702. The van der Waals surface area contributed by atoms with Crippen LogP contribution in [-0.2, 0) is 4.79 Å². The third-order valence-corrected chi connectivity index (χ3v) is 6.95. The molecule has 4 fully saturated rings. The maximum absolute atomic E-state index is 13.7. The summed E-state index contributed by atoms with van der Waals surface area (Å²) < 4.78 is 13.7. The average Bonchev–Trinajstić information content (AvgIpc) is 3.03. The van der Waals surface area contributed by atoms with Gasteiger partial charge in [-0.3, -0.25) is 19.9 Å². The van der Waals surface area contributed by atoms with Gasteiger partial charge in [0, 0.05) is 57.9 Å². The Morgan fingerprint density at radius 1 is 1.21 bits per heavy atom. The number of carbonyl (C=O) groups is 1. The molecule has 166 valence electrons. The molecule has 1 amide bonds. The first kappa shape index (κ1) is 21.4. The van der Waals surface area contributed by atoms with E-state index in [9.17, 15) is 9.18 Å². The molecule has 4 rings (SSSR count). The minimum atomic E-state index is -0.954. The molecule has 29 heavy (non-hydrogen) atoms. The molecule has 4 aliphatic rings. The zero-order valence-corrected chi connectivity index (χ0v) is 17.6.